The second kappa shape index (κ2) is 5.54. The molecule has 0 rings (SSSR count). The number of rotatable bonds is 4. The van der Waals surface area contributed by atoms with E-state index in [1.165, 1.54) is 6.42 Å². The van der Waals surface area contributed by atoms with Crippen molar-refractivity contribution in [1.82, 2.24) is 0 Å². The van der Waals surface area contributed by atoms with Gasteiger partial charge in [0.15, 0.2) is 0 Å². The first-order valence-electron chi connectivity index (χ1n) is 3.55. The first-order valence-corrected chi connectivity index (χ1v) is 3.55. The van der Waals surface area contributed by atoms with Crippen LogP contribution in [0.2, 0.25) is 0 Å². The fourth-order valence-corrected chi connectivity index (χ4v) is 0.510. The third-order valence-corrected chi connectivity index (χ3v) is 1.16. The molecule has 0 aliphatic rings. The Morgan fingerprint density at radius 2 is 2.11 bits per heavy atom. The molecule has 0 fully saturated rings. The van der Waals surface area contributed by atoms with Crippen molar-refractivity contribution in [3.8, 4) is 0 Å². The van der Waals surface area contributed by atoms with E-state index in [1.54, 1.807) is 0 Å². The van der Waals surface area contributed by atoms with Crippen LogP contribution in [0, 0.1) is 5.41 Å². The van der Waals surface area contributed by atoms with Crippen molar-refractivity contribution >= 4 is 5.71 Å². The summed E-state index contributed by atoms with van der Waals surface area (Å²) in [6, 6.07) is 0. The van der Waals surface area contributed by atoms with Gasteiger partial charge in [-0.05, 0) is 18.9 Å². The normalized spacial score (nSPS) is 10.4. The minimum Gasteiger partial charge on any atom is -0.305 e. The second-order valence-corrected chi connectivity index (χ2v) is 2.07. The quantitative estimate of drug-likeness (QED) is 0.559. The van der Waals surface area contributed by atoms with Gasteiger partial charge in [0.05, 0.1) is 0 Å². The Kier molecular flexibility index (Phi) is 5.18. The molecule has 0 radical (unpaired) electrons. The topological polar surface area (TPSA) is 23.9 Å². The number of nitrogens with one attached hydrogen (secondary N) is 1. The molecule has 1 heteroatoms. The Morgan fingerprint density at radius 3 is 2.56 bits per heavy atom. The molecule has 1 N–H and O–H groups in total. The summed E-state index contributed by atoms with van der Waals surface area (Å²) in [5.41, 5.74) is 0.725. The van der Waals surface area contributed by atoms with E-state index in [2.05, 4.69) is 13.0 Å². The Labute approximate surface area is 57.3 Å². The molecule has 52 valence electrons. The van der Waals surface area contributed by atoms with Gasteiger partial charge in [-0.15, -0.1) is 0 Å². The van der Waals surface area contributed by atoms with E-state index in [1.807, 2.05) is 13.0 Å². The minimum atomic E-state index is 0.725. The molecular weight excluding hydrogens is 110 g/mol. The maximum Gasteiger partial charge on any atom is 0.0308 e. The molecule has 0 saturated carbocycles. The van der Waals surface area contributed by atoms with E-state index in [4.69, 9.17) is 5.41 Å². The van der Waals surface area contributed by atoms with Crippen molar-refractivity contribution in [2.45, 2.75) is 33.1 Å². The van der Waals surface area contributed by atoms with Gasteiger partial charge in [0.2, 0.25) is 0 Å². The molecule has 0 saturated heterocycles. The predicted molar refractivity (Wildman–Crippen MR) is 42.1 cm³/mol. The maximum absolute atomic E-state index is 7.23. The third kappa shape index (κ3) is 5.28. The second-order valence-electron chi connectivity index (χ2n) is 2.07. The zero-order valence-corrected chi connectivity index (χ0v) is 6.28. The average Bonchev–Trinajstić information content (AvgIpc) is 1.89. The van der Waals surface area contributed by atoms with E-state index >= 15 is 0 Å². The van der Waals surface area contributed by atoms with Crippen molar-refractivity contribution in [2.24, 2.45) is 0 Å². The molecule has 0 aliphatic heterocycles. The lowest BCUT2D eigenvalue weighted by atomic mass is 10.2. The standard InChI is InChI=1S/C8H15N/c1-3-5-6-7-8(9)4-2/h6-7,9H,3-5H2,1-2H3. The van der Waals surface area contributed by atoms with Crippen LogP contribution in [-0.4, -0.2) is 5.71 Å². The molecule has 0 heterocycles. The zero-order valence-electron chi connectivity index (χ0n) is 6.28. The van der Waals surface area contributed by atoms with E-state index in [0.717, 1.165) is 18.6 Å². The summed E-state index contributed by atoms with van der Waals surface area (Å²) in [6.45, 7) is 4.14. The van der Waals surface area contributed by atoms with Crippen LogP contribution in [0.4, 0.5) is 0 Å². The molecule has 0 atom stereocenters. The SMILES string of the molecule is CCCC=CC(=N)CC. The number of allylic oxidation sites excluding steroid dienone is 2. The van der Waals surface area contributed by atoms with Crippen LogP contribution in [0.25, 0.3) is 0 Å². The van der Waals surface area contributed by atoms with Gasteiger partial charge in [-0.3, -0.25) is 0 Å². The molecular formula is C8H15N. The van der Waals surface area contributed by atoms with Gasteiger partial charge >= 0.3 is 0 Å². The highest BCUT2D eigenvalue weighted by molar-refractivity contribution is 5.91. The third-order valence-electron chi connectivity index (χ3n) is 1.16. The largest absolute Gasteiger partial charge is 0.305 e. The molecule has 0 amide bonds. The summed E-state index contributed by atoms with van der Waals surface area (Å²) in [4.78, 5) is 0. The lowest BCUT2D eigenvalue weighted by Crippen LogP contribution is -1.84. The summed E-state index contributed by atoms with van der Waals surface area (Å²) in [5.74, 6) is 0. The van der Waals surface area contributed by atoms with Crippen molar-refractivity contribution in [3.05, 3.63) is 12.2 Å². The zero-order chi connectivity index (χ0) is 7.11. The van der Waals surface area contributed by atoms with E-state index < -0.39 is 0 Å². The number of hydrogen-bond acceptors (Lipinski definition) is 1. The van der Waals surface area contributed by atoms with E-state index in [0.29, 0.717) is 0 Å². The van der Waals surface area contributed by atoms with Gasteiger partial charge in [-0.1, -0.05) is 26.3 Å². The molecule has 0 aliphatic carbocycles. The van der Waals surface area contributed by atoms with Crippen LogP contribution in [0.5, 0.6) is 0 Å². The monoisotopic (exact) mass is 125 g/mol. The molecule has 0 aromatic rings. The fraction of sp³-hybridized carbons (Fsp3) is 0.625. The van der Waals surface area contributed by atoms with E-state index in [-0.39, 0.29) is 0 Å². The summed E-state index contributed by atoms with van der Waals surface area (Å²) in [5, 5.41) is 7.23. The van der Waals surface area contributed by atoms with Crippen molar-refractivity contribution < 1.29 is 0 Å². The van der Waals surface area contributed by atoms with Crippen molar-refractivity contribution in [2.75, 3.05) is 0 Å². The van der Waals surface area contributed by atoms with Crippen molar-refractivity contribution in [3.63, 3.8) is 0 Å². The van der Waals surface area contributed by atoms with Gasteiger partial charge in [0.25, 0.3) is 0 Å². The predicted octanol–water partition coefficient (Wildman–Crippen LogP) is 2.77. The molecule has 0 unspecified atom stereocenters. The smallest absolute Gasteiger partial charge is 0.0308 e. The molecule has 1 nitrogen and oxygen atoms in total. The Morgan fingerprint density at radius 1 is 1.44 bits per heavy atom. The van der Waals surface area contributed by atoms with E-state index in [9.17, 15) is 0 Å². The molecule has 9 heavy (non-hydrogen) atoms. The minimum absolute atomic E-state index is 0.725. The van der Waals surface area contributed by atoms with Gasteiger partial charge in [-0.2, -0.15) is 0 Å². The number of hydrogen-bond donors (Lipinski definition) is 1. The molecule has 0 aromatic carbocycles. The lowest BCUT2D eigenvalue weighted by Gasteiger charge is -1.87. The Balaban J connectivity index is 3.32. The van der Waals surface area contributed by atoms with Crippen LogP contribution in [-0.2, 0) is 0 Å². The fourth-order valence-electron chi connectivity index (χ4n) is 0.510. The summed E-state index contributed by atoms with van der Waals surface area (Å²) < 4.78 is 0. The van der Waals surface area contributed by atoms with Gasteiger partial charge < -0.3 is 5.41 Å². The number of unbranched alkanes of at least 4 members (excludes halogenated alkanes) is 1. The molecule has 0 bridgehead atoms. The Bertz CT molecular complexity index is 103. The van der Waals surface area contributed by atoms with Gasteiger partial charge in [0.1, 0.15) is 0 Å². The average molecular weight is 125 g/mol. The van der Waals surface area contributed by atoms with Gasteiger partial charge in [0, 0.05) is 5.71 Å². The lowest BCUT2D eigenvalue weighted by molar-refractivity contribution is 0.959. The summed E-state index contributed by atoms with van der Waals surface area (Å²) >= 11 is 0. The highest BCUT2D eigenvalue weighted by Gasteiger charge is 1.81. The maximum atomic E-state index is 7.23. The first-order chi connectivity index (χ1) is 4.31. The summed E-state index contributed by atoms with van der Waals surface area (Å²) in [7, 11) is 0. The molecule has 0 spiro atoms. The highest BCUT2D eigenvalue weighted by Crippen LogP contribution is 1.90. The van der Waals surface area contributed by atoms with Crippen molar-refractivity contribution in [1.29, 1.82) is 5.41 Å². The van der Waals surface area contributed by atoms with Crippen LogP contribution in [0.1, 0.15) is 33.1 Å². The van der Waals surface area contributed by atoms with Crippen LogP contribution in [0.3, 0.4) is 0 Å². The highest BCUT2D eigenvalue weighted by atomic mass is 14.4. The van der Waals surface area contributed by atoms with Gasteiger partial charge in [-0.25, -0.2) is 0 Å². The first kappa shape index (κ1) is 8.41. The summed E-state index contributed by atoms with van der Waals surface area (Å²) in [6.07, 6.45) is 7.07. The Hall–Kier alpha value is -0.590. The van der Waals surface area contributed by atoms with Crippen LogP contribution < -0.4 is 0 Å². The van der Waals surface area contributed by atoms with Crippen LogP contribution >= 0.6 is 0 Å². The van der Waals surface area contributed by atoms with Crippen LogP contribution in [0.15, 0.2) is 12.2 Å². The molecule has 0 aromatic heterocycles.